The summed E-state index contributed by atoms with van der Waals surface area (Å²) in [6.45, 7) is 6.06. The van der Waals surface area contributed by atoms with Gasteiger partial charge in [-0.2, -0.15) is 0 Å². The molecule has 2 rings (SSSR count). The Labute approximate surface area is 131 Å². The quantitative estimate of drug-likeness (QED) is 0.759. The third kappa shape index (κ3) is 4.61. The van der Waals surface area contributed by atoms with Crippen LogP contribution in [-0.2, 0) is 4.79 Å². The summed E-state index contributed by atoms with van der Waals surface area (Å²) in [6, 6.07) is 4.97. The van der Waals surface area contributed by atoms with Gasteiger partial charge in [0.05, 0.1) is 17.4 Å². The summed E-state index contributed by atoms with van der Waals surface area (Å²) in [5, 5.41) is 3.47. The van der Waals surface area contributed by atoms with E-state index >= 15 is 0 Å². The van der Waals surface area contributed by atoms with Crippen molar-refractivity contribution in [1.29, 1.82) is 0 Å². The summed E-state index contributed by atoms with van der Waals surface area (Å²) in [7, 11) is 0. The van der Waals surface area contributed by atoms with Crippen LogP contribution in [0.5, 0.6) is 0 Å². The van der Waals surface area contributed by atoms with Crippen LogP contribution in [0.2, 0.25) is 5.02 Å². The molecule has 1 fully saturated rings. The van der Waals surface area contributed by atoms with Gasteiger partial charge in [-0.15, -0.1) is 0 Å². The van der Waals surface area contributed by atoms with Crippen molar-refractivity contribution in [1.82, 2.24) is 4.90 Å². The highest BCUT2D eigenvalue weighted by atomic mass is 35.5. The Morgan fingerprint density at radius 1 is 1.52 bits per heavy atom. The van der Waals surface area contributed by atoms with Crippen LogP contribution in [-0.4, -0.2) is 29.9 Å². The molecule has 0 aliphatic heterocycles. The fraction of sp³-hybridized carbons (Fsp3) is 0.562. The summed E-state index contributed by atoms with van der Waals surface area (Å²) in [6.07, 6.45) is 3.63. The molecule has 116 valence electrons. The number of benzene rings is 1. The molecule has 1 atom stereocenters. The van der Waals surface area contributed by atoms with Gasteiger partial charge in [0.2, 0.25) is 5.91 Å². The normalized spacial score (nSPS) is 16.0. The molecule has 0 saturated heterocycles. The molecule has 0 heterocycles. The lowest BCUT2D eigenvalue weighted by Gasteiger charge is -2.28. The van der Waals surface area contributed by atoms with E-state index in [-0.39, 0.29) is 11.9 Å². The smallest absolute Gasteiger partial charge is 0.241 e. The Hall–Kier alpha value is -1.26. The molecule has 0 bridgehead atoms. The maximum atomic E-state index is 12.4. The van der Waals surface area contributed by atoms with Crippen molar-refractivity contribution in [2.45, 2.75) is 39.2 Å². The van der Waals surface area contributed by atoms with E-state index in [1.54, 1.807) is 18.2 Å². The molecule has 1 aliphatic carbocycles. The molecule has 1 aromatic carbocycles. The summed E-state index contributed by atoms with van der Waals surface area (Å²) >= 11 is 5.87. The van der Waals surface area contributed by atoms with Gasteiger partial charge in [0, 0.05) is 11.6 Å². The number of nitrogens with two attached hydrogens (primary N) is 1. The number of nitrogen functional groups attached to an aromatic ring is 1. The maximum absolute atomic E-state index is 12.4. The number of nitrogens with zero attached hydrogens (tertiary/aromatic N) is 1. The highest BCUT2D eigenvalue weighted by molar-refractivity contribution is 6.31. The second-order valence-electron chi connectivity index (χ2n) is 5.84. The fourth-order valence-electron chi connectivity index (χ4n) is 2.41. The Morgan fingerprint density at radius 2 is 2.24 bits per heavy atom. The summed E-state index contributed by atoms with van der Waals surface area (Å²) in [4.78, 5) is 14.7. The Bertz CT molecular complexity index is 502. The minimum Gasteiger partial charge on any atom is -0.397 e. The first-order valence-electron chi connectivity index (χ1n) is 7.61. The average molecular weight is 310 g/mol. The zero-order valence-electron chi connectivity index (χ0n) is 12.7. The van der Waals surface area contributed by atoms with Crippen molar-refractivity contribution in [3.63, 3.8) is 0 Å². The zero-order valence-corrected chi connectivity index (χ0v) is 13.5. The van der Waals surface area contributed by atoms with Crippen molar-refractivity contribution in [3.8, 4) is 0 Å². The van der Waals surface area contributed by atoms with E-state index in [9.17, 15) is 4.79 Å². The molecule has 1 aromatic rings. The van der Waals surface area contributed by atoms with Crippen molar-refractivity contribution in [2.24, 2.45) is 5.92 Å². The summed E-state index contributed by atoms with van der Waals surface area (Å²) < 4.78 is 0. The number of carbonyl (C=O) groups is 1. The van der Waals surface area contributed by atoms with Gasteiger partial charge >= 0.3 is 0 Å². The van der Waals surface area contributed by atoms with Crippen molar-refractivity contribution in [2.75, 3.05) is 24.1 Å². The van der Waals surface area contributed by atoms with Crippen LogP contribution >= 0.6 is 11.6 Å². The zero-order chi connectivity index (χ0) is 15.4. The molecule has 1 amide bonds. The van der Waals surface area contributed by atoms with Gasteiger partial charge < -0.3 is 11.1 Å². The van der Waals surface area contributed by atoms with Crippen LogP contribution < -0.4 is 11.1 Å². The van der Waals surface area contributed by atoms with Crippen LogP contribution in [0.25, 0.3) is 0 Å². The molecule has 1 aliphatic rings. The molecule has 1 unspecified atom stereocenters. The average Bonchev–Trinajstić information content (AvgIpc) is 3.24. The first-order chi connectivity index (χ1) is 10.0. The van der Waals surface area contributed by atoms with Gasteiger partial charge in [-0.05, 0) is 56.8 Å². The lowest BCUT2D eigenvalue weighted by Crippen LogP contribution is -2.43. The van der Waals surface area contributed by atoms with Crippen LogP contribution in [0.4, 0.5) is 11.4 Å². The Kier molecular flexibility index (Phi) is 5.48. The Morgan fingerprint density at radius 3 is 2.81 bits per heavy atom. The molecular weight excluding hydrogens is 286 g/mol. The molecule has 21 heavy (non-hydrogen) atoms. The minimum atomic E-state index is -0.152. The summed E-state index contributed by atoms with van der Waals surface area (Å²) in [5.74, 6) is 0.755. The van der Waals surface area contributed by atoms with Crippen LogP contribution in [0.1, 0.15) is 33.1 Å². The number of hydrogen-bond donors (Lipinski definition) is 2. The van der Waals surface area contributed by atoms with E-state index in [0.717, 1.165) is 25.4 Å². The summed E-state index contributed by atoms with van der Waals surface area (Å²) in [5.41, 5.74) is 7.00. The number of anilines is 2. The van der Waals surface area contributed by atoms with Crippen molar-refractivity contribution >= 4 is 28.9 Å². The van der Waals surface area contributed by atoms with Crippen LogP contribution in [0.3, 0.4) is 0 Å². The lowest BCUT2D eigenvalue weighted by molar-refractivity contribution is -0.120. The standard InChI is InChI=1S/C16H24ClN3O/c1-3-8-20(10-12-4-5-12)11(2)16(21)19-15-7-6-13(17)9-14(15)18/h6-7,9,11-12H,3-5,8,10,18H2,1-2H3,(H,19,21). The molecule has 4 nitrogen and oxygen atoms in total. The second-order valence-corrected chi connectivity index (χ2v) is 6.27. The predicted molar refractivity (Wildman–Crippen MR) is 88.5 cm³/mol. The minimum absolute atomic E-state index is 0.0156. The second kappa shape index (κ2) is 7.14. The van der Waals surface area contributed by atoms with E-state index < -0.39 is 0 Å². The molecule has 0 aromatic heterocycles. The lowest BCUT2D eigenvalue weighted by atomic mass is 10.2. The molecule has 1 saturated carbocycles. The van der Waals surface area contributed by atoms with E-state index in [0.29, 0.717) is 16.4 Å². The first-order valence-corrected chi connectivity index (χ1v) is 7.99. The largest absolute Gasteiger partial charge is 0.397 e. The van der Waals surface area contributed by atoms with Crippen molar-refractivity contribution < 1.29 is 4.79 Å². The van der Waals surface area contributed by atoms with Gasteiger partial charge in [0.1, 0.15) is 0 Å². The molecular formula is C16H24ClN3O. The van der Waals surface area contributed by atoms with E-state index in [4.69, 9.17) is 17.3 Å². The van der Waals surface area contributed by atoms with Gasteiger partial charge in [-0.25, -0.2) is 0 Å². The van der Waals surface area contributed by atoms with E-state index in [1.165, 1.54) is 12.8 Å². The topological polar surface area (TPSA) is 58.4 Å². The van der Waals surface area contributed by atoms with E-state index in [2.05, 4.69) is 17.1 Å². The molecule has 5 heteroatoms. The van der Waals surface area contributed by atoms with Crippen molar-refractivity contribution in [3.05, 3.63) is 23.2 Å². The van der Waals surface area contributed by atoms with Gasteiger partial charge in [0.25, 0.3) is 0 Å². The number of hydrogen-bond acceptors (Lipinski definition) is 3. The molecule has 0 radical (unpaired) electrons. The van der Waals surface area contributed by atoms with Crippen LogP contribution in [0.15, 0.2) is 18.2 Å². The number of rotatable bonds is 7. The highest BCUT2D eigenvalue weighted by Crippen LogP contribution is 2.30. The predicted octanol–water partition coefficient (Wildman–Crippen LogP) is 3.37. The van der Waals surface area contributed by atoms with Crippen LogP contribution in [0, 0.1) is 5.92 Å². The molecule has 0 spiro atoms. The monoisotopic (exact) mass is 309 g/mol. The number of halogens is 1. The number of amides is 1. The fourth-order valence-corrected chi connectivity index (χ4v) is 2.59. The first kappa shape index (κ1) is 16.1. The SMILES string of the molecule is CCCN(CC1CC1)C(C)C(=O)Nc1ccc(Cl)cc1N. The van der Waals surface area contributed by atoms with E-state index in [1.807, 2.05) is 6.92 Å². The third-order valence-corrected chi connectivity index (χ3v) is 4.13. The maximum Gasteiger partial charge on any atom is 0.241 e. The van der Waals surface area contributed by atoms with Gasteiger partial charge in [0.15, 0.2) is 0 Å². The Balaban J connectivity index is 1.99. The molecule has 3 N–H and O–H groups in total. The van der Waals surface area contributed by atoms with Gasteiger partial charge in [-0.1, -0.05) is 18.5 Å². The highest BCUT2D eigenvalue weighted by Gasteiger charge is 2.28. The number of carbonyl (C=O) groups excluding carboxylic acids is 1. The van der Waals surface area contributed by atoms with Gasteiger partial charge in [-0.3, -0.25) is 9.69 Å². The third-order valence-electron chi connectivity index (χ3n) is 3.90. The number of nitrogens with one attached hydrogen (secondary N) is 1.